The van der Waals surface area contributed by atoms with Gasteiger partial charge in [0.2, 0.25) is 0 Å². The highest BCUT2D eigenvalue weighted by Gasteiger charge is 2.31. The first-order valence-electron chi connectivity index (χ1n) is 6.50. The van der Waals surface area contributed by atoms with Crippen molar-refractivity contribution in [3.05, 3.63) is 63.4 Å². The summed E-state index contributed by atoms with van der Waals surface area (Å²) in [6.45, 7) is 1.56. The summed E-state index contributed by atoms with van der Waals surface area (Å²) in [7, 11) is -4.20. The number of anilines is 1. The molecule has 2 aromatic carbocycles. The van der Waals surface area contributed by atoms with Crippen molar-refractivity contribution in [2.45, 2.75) is 11.8 Å². The van der Waals surface area contributed by atoms with Gasteiger partial charge in [0.05, 0.1) is 15.6 Å². The van der Waals surface area contributed by atoms with E-state index in [0.717, 1.165) is 28.6 Å². The van der Waals surface area contributed by atoms with E-state index in [-0.39, 0.29) is 17.3 Å². The lowest BCUT2D eigenvalue weighted by Gasteiger charge is -2.23. The third kappa shape index (κ3) is 3.27. The number of hydrogen-bond donors (Lipinski definition) is 0. The van der Waals surface area contributed by atoms with E-state index in [0.29, 0.717) is 0 Å². The molecule has 0 aliphatic rings. The van der Waals surface area contributed by atoms with E-state index in [1.807, 2.05) is 0 Å². The number of rotatable bonds is 5. The minimum absolute atomic E-state index is 0.00363. The van der Waals surface area contributed by atoms with Gasteiger partial charge in [-0.25, -0.2) is 12.8 Å². The van der Waals surface area contributed by atoms with Gasteiger partial charge in [-0.05, 0) is 31.2 Å². The molecule has 9 heteroatoms. The molecule has 0 unspecified atom stereocenters. The predicted molar refractivity (Wildman–Crippen MR) is 84.7 cm³/mol. The molecule has 2 aromatic rings. The quantitative estimate of drug-likeness (QED) is 0.604. The molecule has 0 saturated carbocycles. The van der Waals surface area contributed by atoms with E-state index in [4.69, 9.17) is 11.6 Å². The van der Waals surface area contributed by atoms with Crippen LogP contribution in [0.3, 0.4) is 0 Å². The summed E-state index contributed by atoms with van der Waals surface area (Å²) in [6.07, 6.45) is 0. The van der Waals surface area contributed by atoms with Gasteiger partial charge < -0.3 is 0 Å². The third-order valence-corrected chi connectivity index (χ3v) is 5.35. The Bertz CT molecular complexity index is 858. The summed E-state index contributed by atoms with van der Waals surface area (Å²) in [5.74, 6) is -0.686. The van der Waals surface area contributed by atoms with E-state index in [2.05, 4.69) is 0 Å². The van der Waals surface area contributed by atoms with Crippen LogP contribution in [0.4, 0.5) is 15.8 Å². The van der Waals surface area contributed by atoms with Gasteiger partial charge in [-0.15, -0.1) is 0 Å². The summed E-state index contributed by atoms with van der Waals surface area (Å²) >= 11 is 5.69. The molecule has 2 rings (SSSR count). The highest BCUT2D eigenvalue weighted by molar-refractivity contribution is 7.93. The molecular formula is C14H12ClFN2O4S. The zero-order chi connectivity index (χ0) is 17.2. The highest BCUT2D eigenvalue weighted by atomic mass is 35.5. The molecule has 0 fully saturated rings. The summed E-state index contributed by atoms with van der Waals surface area (Å²) in [6, 6.07) is 8.48. The van der Waals surface area contributed by atoms with Crippen molar-refractivity contribution in [3.8, 4) is 0 Å². The third-order valence-electron chi connectivity index (χ3n) is 3.11. The maximum absolute atomic E-state index is 13.3. The second kappa shape index (κ2) is 6.51. The van der Waals surface area contributed by atoms with E-state index < -0.39 is 31.3 Å². The van der Waals surface area contributed by atoms with Crippen LogP contribution < -0.4 is 4.31 Å². The Balaban J connectivity index is 2.60. The molecule has 0 atom stereocenters. The Labute approximate surface area is 137 Å². The van der Waals surface area contributed by atoms with E-state index in [1.165, 1.54) is 18.2 Å². The Morgan fingerprint density at radius 1 is 1.26 bits per heavy atom. The number of benzene rings is 2. The van der Waals surface area contributed by atoms with E-state index in [1.54, 1.807) is 6.92 Å². The van der Waals surface area contributed by atoms with Gasteiger partial charge in [-0.1, -0.05) is 23.7 Å². The van der Waals surface area contributed by atoms with E-state index in [9.17, 15) is 22.9 Å². The van der Waals surface area contributed by atoms with Gasteiger partial charge in [0.25, 0.3) is 15.7 Å². The first kappa shape index (κ1) is 17.2. The number of para-hydroxylation sites is 1. The summed E-state index contributed by atoms with van der Waals surface area (Å²) in [4.78, 5) is 9.86. The molecule has 0 spiro atoms. The maximum atomic E-state index is 13.3. The van der Waals surface area contributed by atoms with Crippen molar-refractivity contribution in [1.29, 1.82) is 0 Å². The van der Waals surface area contributed by atoms with Crippen molar-refractivity contribution in [2.75, 3.05) is 10.8 Å². The standard InChI is InChI=1S/C14H12ClFN2O4S/c1-2-17(10-7-8-12(16)11(15)9-10)23(21,22)14-6-4-3-5-13(14)18(19)20/h3-9H,2H2,1H3. The van der Waals surface area contributed by atoms with Gasteiger partial charge in [-0.3, -0.25) is 14.4 Å². The molecule has 23 heavy (non-hydrogen) atoms. The van der Waals surface area contributed by atoms with Crippen LogP contribution in [-0.4, -0.2) is 19.9 Å². The number of nitrogens with zero attached hydrogens (tertiary/aromatic N) is 2. The van der Waals surface area contributed by atoms with Crippen LogP contribution >= 0.6 is 11.6 Å². The number of nitro benzene ring substituents is 1. The fraction of sp³-hybridized carbons (Fsp3) is 0.143. The zero-order valence-corrected chi connectivity index (χ0v) is 13.5. The number of halogens is 2. The minimum Gasteiger partial charge on any atom is -0.266 e. The second-order valence-corrected chi connectivity index (χ2v) is 6.73. The number of hydrogen-bond acceptors (Lipinski definition) is 4. The molecule has 0 aliphatic heterocycles. The van der Waals surface area contributed by atoms with Crippen LogP contribution in [0, 0.1) is 15.9 Å². The first-order chi connectivity index (χ1) is 10.8. The lowest BCUT2D eigenvalue weighted by Crippen LogP contribution is -2.31. The second-order valence-electron chi connectivity index (χ2n) is 4.49. The molecule has 122 valence electrons. The largest absolute Gasteiger partial charge is 0.289 e. The number of sulfonamides is 1. The van der Waals surface area contributed by atoms with E-state index >= 15 is 0 Å². The molecule has 0 heterocycles. The lowest BCUT2D eigenvalue weighted by molar-refractivity contribution is -0.387. The molecule has 6 nitrogen and oxygen atoms in total. The van der Waals surface area contributed by atoms with Gasteiger partial charge in [0, 0.05) is 12.6 Å². The molecule has 0 saturated heterocycles. The highest BCUT2D eigenvalue weighted by Crippen LogP contribution is 2.31. The Kier molecular flexibility index (Phi) is 4.86. The van der Waals surface area contributed by atoms with Gasteiger partial charge in [-0.2, -0.15) is 0 Å². The van der Waals surface area contributed by atoms with Crippen molar-refractivity contribution in [2.24, 2.45) is 0 Å². The predicted octanol–water partition coefficient (Wildman–Crippen LogP) is 3.60. The number of nitro groups is 1. The average molecular weight is 359 g/mol. The minimum atomic E-state index is -4.20. The summed E-state index contributed by atoms with van der Waals surface area (Å²) in [5.41, 5.74) is -0.406. The van der Waals surface area contributed by atoms with Gasteiger partial charge in [0.15, 0.2) is 4.90 Å². The fourth-order valence-electron chi connectivity index (χ4n) is 2.08. The molecule has 0 N–H and O–H groups in total. The molecular weight excluding hydrogens is 347 g/mol. The topological polar surface area (TPSA) is 80.5 Å². The SMILES string of the molecule is CCN(c1ccc(F)c(Cl)c1)S(=O)(=O)c1ccccc1[N+](=O)[O-]. The normalized spacial score (nSPS) is 11.3. The van der Waals surface area contributed by atoms with Crippen LogP contribution in [0.5, 0.6) is 0 Å². The monoisotopic (exact) mass is 358 g/mol. The van der Waals surface area contributed by atoms with Crippen LogP contribution in [0.1, 0.15) is 6.92 Å². The Hall–Kier alpha value is -2.19. The van der Waals surface area contributed by atoms with Crippen molar-refractivity contribution in [3.63, 3.8) is 0 Å². The van der Waals surface area contributed by atoms with Crippen molar-refractivity contribution in [1.82, 2.24) is 0 Å². The maximum Gasteiger partial charge on any atom is 0.289 e. The summed E-state index contributed by atoms with van der Waals surface area (Å²) in [5, 5.41) is 10.8. The lowest BCUT2D eigenvalue weighted by atomic mass is 10.3. The van der Waals surface area contributed by atoms with Gasteiger partial charge >= 0.3 is 0 Å². The summed E-state index contributed by atoms with van der Waals surface area (Å²) < 4.78 is 39.7. The smallest absolute Gasteiger partial charge is 0.266 e. The van der Waals surface area contributed by atoms with Crippen LogP contribution in [0.2, 0.25) is 5.02 Å². The molecule has 0 radical (unpaired) electrons. The Morgan fingerprint density at radius 3 is 2.48 bits per heavy atom. The average Bonchev–Trinajstić information content (AvgIpc) is 2.51. The molecule has 0 aromatic heterocycles. The van der Waals surface area contributed by atoms with Crippen LogP contribution in [0.15, 0.2) is 47.4 Å². The first-order valence-corrected chi connectivity index (χ1v) is 8.32. The molecule has 0 bridgehead atoms. The fourth-order valence-corrected chi connectivity index (χ4v) is 3.88. The van der Waals surface area contributed by atoms with Gasteiger partial charge in [0.1, 0.15) is 5.82 Å². The van der Waals surface area contributed by atoms with Crippen LogP contribution in [-0.2, 0) is 10.0 Å². The van der Waals surface area contributed by atoms with Crippen molar-refractivity contribution >= 4 is 33.0 Å². The molecule has 0 aliphatic carbocycles. The molecule has 0 amide bonds. The zero-order valence-electron chi connectivity index (χ0n) is 11.9. The van der Waals surface area contributed by atoms with Crippen molar-refractivity contribution < 1.29 is 17.7 Å². The Morgan fingerprint density at radius 2 is 1.91 bits per heavy atom. The van der Waals surface area contributed by atoms with Crippen LogP contribution in [0.25, 0.3) is 0 Å².